The van der Waals surface area contributed by atoms with Gasteiger partial charge in [-0.3, -0.25) is 24.5 Å². The van der Waals surface area contributed by atoms with Gasteiger partial charge >= 0.3 is 0 Å². The molecule has 0 bridgehead atoms. The summed E-state index contributed by atoms with van der Waals surface area (Å²) in [4.78, 5) is 51.1. The number of nitrogens with one attached hydrogen (secondary N) is 2. The lowest BCUT2D eigenvalue weighted by Crippen LogP contribution is -2.52. The summed E-state index contributed by atoms with van der Waals surface area (Å²) in [6.07, 6.45) is 5.81. The average Bonchev–Trinajstić information content (AvgIpc) is 3.44. The fraction of sp³-hybridized carbons (Fsp3) is 0.333. The van der Waals surface area contributed by atoms with Crippen LogP contribution in [0, 0.1) is 0 Å². The molecule has 3 heterocycles. The van der Waals surface area contributed by atoms with E-state index in [-0.39, 0.29) is 42.4 Å². The smallest absolute Gasteiger partial charge is 0.273 e. The zero-order valence-electron chi connectivity index (χ0n) is 20.1. The van der Waals surface area contributed by atoms with Crippen LogP contribution in [0.5, 0.6) is 0 Å². The Bertz CT molecular complexity index is 1430. The molecule has 3 aliphatic rings. The molecule has 1 aromatic heterocycles. The third-order valence-electron chi connectivity index (χ3n) is 7.42. The first-order valence-electron chi connectivity index (χ1n) is 12.5. The van der Waals surface area contributed by atoms with E-state index in [1.807, 2.05) is 12.1 Å². The van der Waals surface area contributed by atoms with Gasteiger partial charge in [0.05, 0.1) is 11.9 Å². The molecule has 2 atom stereocenters. The van der Waals surface area contributed by atoms with Gasteiger partial charge < -0.3 is 10.2 Å². The third-order valence-corrected chi connectivity index (χ3v) is 7.42. The van der Waals surface area contributed by atoms with Crippen molar-refractivity contribution in [2.24, 2.45) is 0 Å². The number of rotatable bonds is 4. The van der Waals surface area contributed by atoms with E-state index in [1.165, 1.54) is 20.7 Å². The number of fused-ring (bicyclic) bond motifs is 2. The van der Waals surface area contributed by atoms with E-state index in [0.717, 1.165) is 31.2 Å². The summed E-state index contributed by atoms with van der Waals surface area (Å²) >= 11 is 0. The number of aromatic nitrogens is 3. The van der Waals surface area contributed by atoms with E-state index in [2.05, 4.69) is 39.1 Å². The maximum Gasteiger partial charge on any atom is 0.273 e. The molecule has 1 saturated heterocycles. The van der Waals surface area contributed by atoms with Crippen LogP contribution in [0.1, 0.15) is 63.2 Å². The molecule has 2 N–H and O–H groups in total. The van der Waals surface area contributed by atoms with Crippen molar-refractivity contribution >= 4 is 23.6 Å². The van der Waals surface area contributed by atoms with Crippen LogP contribution in [0.3, 0.4) is 0 Å². The first-order chi connectivity index (χ1) is 18.0. The van der Waals surface area contributed by atoms with Crippen molar-refractivity contribution in [2.75, 3.05) is 0 Å². The van der Waals surface area contributed by atoms with Crippen molar-refractivity contribution in [1.29, 1.82) is 0 Å². The van der Waals surface area contributed by atoms with Crippen molar-refractivity contribution in [3.05, 3.63) is 76.6 Å². The van der Waals surface area contributed by atoms with Gasteiger partial charge in [-0.05, 0) is 67.0 Å². The second-order valence-corrected chi connectivity index (χ2v) is 9.83. The number of carbonyl (C=O) groups excluding carboxylic acids is 4. The van der Waals surface area contributed by atoms with Crippen molar-refractivity contribution in [2.45, 2.75) is 57.2 Å². The van der Waals surface area contributed by atoms with Crippen LogP contribution < -0.4 is 10.6 Å². The van der Waals surface area contributed by atoms with Crippen LogP contribution in [0.2, 0.25) is 0 Å². The summed E-state index contributed by atoms with van der Waals surface area (Å²) in [6.45, 7) is 0.263. The maximum atomic E-state index is 12.9. The normalized spacial score (nSPS) is 21.2. The second-order valence-electron chi connectivity index (χ2n) is 9.83. The SMILES string of the molecule is O=C1CCC(N2Cc3cc(-n4cc(C(=O)NC5CCCc6ccccc6C5)nn4)ccc3C2=O)C(=O)N1. The predicted octanol–water partition coefficient (Wildman–Crippen LogP) is 1.71. The monoisotopic (exact) mass is 498 g/mol. The molecule has 1 aliphatic carbocycles. The molecule has 2 aromatic carbocycles. The van der Waals surface area contributed by atoms with Gasteiger partial charge in [0.1, 0.15) is 6.04 Å². The predicted molar refractivity (Wildman–Crippen MR) is 132 cm³/mol. The molecule has 10 heteroatoms. The Balaban J connectivity index is 1.15. The van der Waals surface area contributed by atoms with Crippen LogP contribution in [0.4, 0.5) is 0 Å². The molecule has 188 valence electrons. The van der Waals surface area contributed by atoms with Crippen molar-refractivity contribution in [3.63, 3.8) is 0 Å². The van der Waals surface area contributed by atoms with E-state index >= 15 is 0 Å². The van der Waals surface area contributed by atoms with E-state index in [0.29, 0.717) is 17.7 Å². The minimum Gasteiger partial charge on any atom is -0.348 e. The molecular formula is C27H26N6O4. The fourth-order valence-corrected chi connectivity index (χ4v) is 5.49. The number of carbonyl (C=O) groups is 4. The van der Waals surface area contributed by atoms with Crippen molar-refractivity contribution < 1.29 is 19.2 Å². The molecule has 0 saturated carbocycles. The number of piperidine rings is 1. The molecule has 4 amide bonds. The molecule has 3 aromatic rings. The van der Waals surface area contributed by atoms with Gasteiger partial charge in [0.15, 0.2) is 5.69 Å². The number of aryl methyl sites for hydroxylation is 1. The number of hydrogen-bond acceptors (Lipinski definition) is 6. The zero-order chi connectivity index (χ0) is 25.5. The minimum atomic E-state index is -0.668. The lowest BCUT2D eigenvalue weighted by atomic mass is 10.0. The standard InChI is InChI=1S/C27H26N6O4/c34-24-11-10-23(26(36)29-24)32-14-18-13-20(8-9-21(18)27(32)37)33-15-22(30-31-33)25(35)28-19-7-3-6-16-4-1-2-5-17(16)12-19/h1-2,4-5,8-9,13,15,19,23H,3,6-7,10-12,14H2,(H,28,35)(H,29,34,36). The highest BCUT2D eigenvalue weighted by Crippen LogP contribution is 2.29. The summed E-state index contributed by atoms with van der Waals surface area (Å²) in [7, 11) is 0. The Kier molecular flexibility index (Phi) is 5.78. The van der Waals surface area contributed by atoms with E-state index in [9.17, 15) is 19.2 Å². The molecule has 10 nitrogen and oxygen atoms in total. The quantitative estimate of drug-likeness (QED) is 0.417. The van der Waals surface area contributed by atoms with Gasteiger partial charge in [-0.1, -0.05) is 29.5 Å². The maximum absolute atomic E-state index is 12.9. The second kappa shape index (κ2) is 9.27. The molecular weight excluding hydrogens is 472 g/mol. The van der Waals surface area contributed by atoms with Crippen LogP contribution in [-0.4, -0.2) is 55.6 Å². The van der Waals surface area contributed by atoms with Crippen LogP contribution >= 0.6 is 0 Å². The van der Waals surface area contributed by atoms with Crippen LogP contribution in [-0.2, 0) is 29.0 Å². The number of nitrogens with zero attached hydrogens (tertiary/aromatic N) is 4. The summed E-state index contributed by atoms with van der Waals surface area (Å²) < 4.78 is 1.51. The fourth-order valence-electron chi connectivity index (χ4n) is 5.49. The van der Waals surface area contributed by atoms with Gasteiger partial charge in [-0.25, -0.2) is 4.68 Å². The Morgan fingerprint density at radius 2 is 1.84 bits per heavy atom. The third kappa shape index (κ3) is 4.39. The highest BCUT2D eigenvalue weighted by Gasteiger charge is 2.39. The molecule has 37 heavy (non-hydrogen) atoms. The van der Waals surface area contributed by atoms with Gasteiger partial charge in [0.2, 0.25) is 11.8 Å². The number of hydrogen-bond donors (Lipinski definition) is 2. The largest absolute Gasteiger partial charge is 0.348 e. The van der Waals surface area contributed by atoms with Gasteiger partial charge in [-0.15, -0.1) is 5.10 Å². The summed E-state index contributed by atoms with van der Waals surface area (Å²) in [5, 5.41) is 13.6. The average molecular weight is 499 g/mol. The number of benzene rings is 2. The Morgan fingerprint density at radius 1 is 1.00 bits per heavy atom. The zero-order valence-corrected chi connectivity index (χ0v) is 20.1. The van der Waals surface area contributed by atoms with E-state index in [4.69, 9.17) is 0 Å². The Hall–Kier alpha value is -4.34. The summed E-state index contributed by atoms with van der Waals surface area (Å²) in [6, 6.07) is 13.0. The molecule has 2 unspecified atom stereocenters. The lowest BCUT2D eigenvalue weighted by Gasteiger charge is -2.29. The minimum absolute atomic E-state index is 0.0329. The van der Waals surface area contributed by atoms with E-state index < -0.39 is 11.9 Å². The Morgan fingerprint density at radius 3 is 2.68 bits per heavy atom. The molecule has 6 rings (SSSR count). The van der Waals surface area contributed by atoms with Gasteiger partial charge in [0.25, 0.3) is 11.8 Å². The number of amides is 4. The summed E-state index contributed by atoms with van der Waals surface area (Å²) in [5.74, 6) is -1.26. The topological polar surface area (TPSA) is 126 Å². The van der Waals surface area contributed by atoms with Crippen molar-refractivity contribution in [1.82, 2.24) is 30.5 Å². The first-order valence-corrected chi connectivity index (χ1v) is 12.5. The molecule has 0 spiro atoms. The highest BCUT2D eigenvalue weighted by molar-refractivity contribution is 6.05. The molecule has 0 radical (unpaired) electrons. The van der Waals surface area contributed by atoms with Gasteiger partial charge in [0, 0.05) is 24.6 Å². The summed E-state index contributed by atoms with van der Waals surface area (Å²) in [5.41, 5.74) is 4.77. The van der Waals surface area contributed by atoms with Crippen LogP contribution in [0.15, 0.2) is 48.7 Å². The lowest BCUT2D eigenvalue weighted by molar-refractivity contribution is -0.136. The van der Waals surface area contributed by atoms with Crippen molar-refractivity contribution in [3.8, 4) is 5.69 Å². The van der Waals surface area contributed by atoms with Crippen LogP contribution in [0.25, 0.3) is 5.69 Å². The van der Waals surface area contributed by atoms with Gasteiger partial charge in [-0.2, -0.15) is 0 Å². The highest BCUT2D eigenvalue weighted by atomic mass is 16.2. The number of imide groups is 1. The molecule has 1 fully saturated rings. The Labute approximate surface area is 213 Å². The molecule has 2 aliphatic heterocycles. The first kappa shape index (κ1) is 23.1. The van der Waals surface area contributed by atoms with E-state index in [1.54, 1.807) is 18.3 Å².